The first-order valence-electron chi connectivity index (χ1n) is 4.20. The molecule has 0 amide bonds. The van der Waals surface area contributed by atoms with Crippen LogP contribution in [0.3, 0.4) is 0 Å². The van der Waals surface area contributed by atoms with Crippen LogP contribution in [0, 0.1) is 0 Å². The molecule has 0 heterocycles. The van der Waals surface area contributed by atoms with Crippen molar-refractivity contribution in [2.75, 3.05) is 0 Å². The lowest BCUT2D eigenvalue weighted by Gasteiger charge is -2.17. The maximum atomic E-state index is 10.5. The highest BCUT2D eigenvalue weighted by molar-refractivity contribution is 5.75. The molecule has 0 radical (unpaired) electrons. The van der Waals surface area contributed by atoms with Gasteiger partial charge in [0.25, 0.3) is 0 Å². The number of nitrogens with two attached hydrogens (primary N) is 1. The number of Topliss-reactive ketones (excluding diaryl/α,β-unsaturated/α-hetero) is 1. The zero-order valence-electron chi connectivity index (χ0n) is 7.81. The monoisotopic (exact) mass is 157 g/mol. The Morgan fingerprint density at radius 3 is 2.27 bits per heavy atom. The average molecular weight is 157 g/mol. The summed E-state index contributed by atoms with van der Waals surface area (Å²) in [5.74, 6) is 0.278. The third-order valence-electron chi connectivity index (χ3n) is 1.60. The van der Waals surface area contributed by atoms with Crippen molar-refractivity contribution >= 4 is 5.78 Å². The quantitative estimate of drug-likeness (QED) is 0.619. The second-order valence-corrected chi connectivity index (χ2v) is 3.90. The molecule has 0 spiro atoms. The molecule has 0 aliphatic rings. The molecule has 0 saturated carbocycles. The Morgan fingerprint density at radius 2 is 1.91 bits per heavy atom. The molecule has 2 heteroatoms. The molecule has 2 N–H and O–H groups in total. The van der Waals surface area contributed by atoms with Gasteiger partial charge in [0, 0.05) is 12.0 Å². The first kappa shape index (κ1) is 10.6. The van der Waals surface area contributed by atoms with E-state index in [1.807, 2.05) is 13.8 Å². The molecule has 0 atom stereocenters. The Morgan fingerprint density at radius 1 is 1.36 bits per heavy atom. The Bertz CT molecular complexity index is 124. The van der Waals surface area contributed by atoms with E-state index in [-0.39, 0.29) is 11.3 Å². The number of ketones is 1. The molecule has 0 unspecified atom stereocenters. The van der Waals surface area contributed by atoms with Crippen molar-refractivity contribution in [1.82, 2.24) is 0 Å². The summed E-state index contributed by atoms with van der Waals surface area (Å²) in [4.78, 5) is 10.5. The molecule has 0 aromatic carbocycles. The van der Waals surface area contributed by atoms with E-state index in [4.69, 9.17) is 5.73 Å². The lowest BCUT2D eigenvalue weighted by molar-refractivity contribution is -0.117. The van der Waals surface area contributed by atoms with Crippen LogP contribution >= 0.6 is 0 Å². The lowest BCUT2D eigenvalue weighted by atomic mass is 9.98. The van der Waals surface area contributed by atoms with Crippen LogP contribution in [0.1, 0.15) is 46.5 Å². The number of unbranched alkanes of at least 4 members (excludes halogenated alkanes) is 1. The van der Waals surface area contributed by atoms with Gasteiger partial charge >= 0.3 is 0 Å². The van der Waals surface area contributed by atoms with E-state index in [1.165, 1.54) is 0 Å². The van der Waals surface area contributed by atoms with Crippen LogP contribution in [0.5, 0.6) is 0 Å². The van der Waals surface area contributed by atoms with E-state index in [9.17, 15) is 4.79 Å². The summed E-state index contributed by atoms with van der Waals surface area (Å²) in [5, 5.41) is 0. The minimum Gasteiger partial charge on any atom is -0.326 e. The Labute approximate surface area is 69.2 Å². The number of rotatable bonds is 5. The largest absolute Gasteiger partial charge is 0.326 e. The molecular weight excluding hydrogens is 138 g/mol. The molecule has 0 aliphatic carbocycles. The van der Waals surface area contributed by atoms with Gasteiger partial charge in [0.2, 0.25) is 0 Å². The summed E-state index contributed by atoms with van der Waals surface area (Å²) < 4.78 is 0. The predicted molar refractivity (Wildman–Crippen MR) is 47.4 cm³/mol. The molecule has 2 nitrogen and oxygen atoms in total. The summed E-state index contributed by atoms with van der Waals surface area (Å²) in [7, 11) is 0. The van der Waals surface area contributed by atoms with Gasteiger partial charge < -0.3 is 10.5 Å². The second kappa shape index (κ2) is 4.50. The Balaban J connectivity index is 3.22. The molecule has 0 rings (SSSR count). The van der Waals surface area contributed by atoms with Crippen molar-refractivity contribution in [3.05, 3.63) is 0 Å². The minimum atomic E-state index is -0.0726. The fourth-order valence-electron chi connectivity index (χ4n) is 0.955. The van der Waals surface area contributed by atoms with Crippen LogP contribution in [0.4, 0.5) is 0 Å². The van der Waals surface area contributed by atoms with E-state index in [2.05, 4.69) is 0 Å². The van der Waals surface area contributed by atoms with E-state index >= 15 is 0 Å². The molecule has 0 aromatic rings. The van der Waals surface area contributed by atoms with Gasteiger partial charge in [-0.15, -0.1) is 0 Å². The summed E-state index contributed by atoms with van der Waals surface area (Å²) in [5.41, 5.74) is 5.69. The molecule has 0 aromatic heterocycles. The van der Waals surface area contributed by atoms with Crippen molar-refractivity contribution in [2.24, 2.45) is 5.73 Å². The third-order valence-corrected chi connectivity index (χ3v) is 1.60. The van der Waals surface area contributed by atoms with E-state index in [0.29, 0.717) is 6.42 Å². The van der Waals surface area contributed by atoms with Gasteiger partial charge in [0.1, 0.15) is 5.78 Å². The number of hydrogen-bond acceptors (Lipinski definition) is 2. The summed E-state index contributed by atoms with van der Waals surface area (Å²) in [6.45, 7) is 5.66. The first-order chi connectivity index (χ1) is 4.92. The zero-order valence-corrected chi connectivity index (χ0v) is 7.81. The van der Waals surface area contributed by atoms with Crippen LogP contribution < -0.4 is 5.73 Å². The molecule has 0 bridgehead atoms. The van der Waals surface area contributed by atoms with Crippen molar-refractivity contribution in [3.63, 3.8) is 0 Å². The Kier molecular flexibility index (Phi) is 4.34. The molecule has 0 saturated heterocycles. The molecule has 11 heavy (non-hydrogen) atoms. The third kappa shape index (κ3) is 9.63. The molecule has 0 aliphatic heterocycles. The fraction of sp³-hybridized carbons (Fsp3) is 0.889. The normalized spacial score (nSPS) is 11.6. The van der Waals surface area contributed by atoms with Crippen molar-refractivity contribution < 1.29 is 4.79 Å². The van der Waals surface area contributed by atoms with Gasteiger partial charge in [0.15, 0.2) is 0 Å². The molecular formula is C9H19NO. The summed E-state index contributed by atoms with van der Waals surface area (Å²) >= 11 is 0. The van der Waals surface area contributed by atoms with Crippen LogP contribution in [0.2, 0.25) is 0 Å². The van der Waals surface area contributed by atoms with Gasteiger partial charge in [-0.1, -0.05) is 6.42 Å². The standard InChI is InChI=1S/C9H19NO/c1-8(11)6-4-5-7-9(2,3)10/h4-7,10H2,1-3H3. The number of carbonyl (C=O) groups is 1. The average Bonchev–Trinajstić information content (AvgIpc) is 1.78. The zero-order chi connectivity index (χ0) is 8.91. The summed E-state index contributed by atoms with van der Waals surface area (Å²) in [6.07, 6.45) is 3.75. The highest BCUT2D eigenvalue weighted by atomic mass is 16.1. The predicted octanol–water partition coefficient (Wildman–Crippen LogP) is 1.87. The van der Waals surface area contributed by atoms with Crippen molar-refractivity contribution in [2.45, 2.75) is 52.0 Å². The van der Waals surface area contributed by atoms with Crippen LogP contribution in [0.25, 0.3) is 0 Å². The highest BCUT2D eigenvalue weighted by Gasteiger charge is 2.09. The SMILES string of the molecule is CC(=O)CCCCC(C)(C)N. The van der Waals surface area contributed by atoms with E-state index in [1.54, 1.807) is 6.92 Å². The van der Waals surface area contributed by atoms with Crippen molar-refractivity contribution in [1.29, 1.82) is 0 Å². The number of carbonyl (C=O) groups excluding carboxylic acids is 1. The molecule has 66 valence electrons. The maximum Gasteiger partial charge on any atom is 0.129 e. The van der Waals surface area contributed by atoms with Gasteiger partial charge in [-0.3, -0.25) is 0 Å². The van der Waals surface area contributed by atoms with E-state index < -0.39 is 0 Å². The fourth-order valence-corrected chi connectivity index (χ4v) is 0.955. The van der Waals surface area contributed by atoms with Crippen LogP contribution in [-0.2, 0) is 4.79 Å². The van der Waals surface area contributed by atoms with Gasteiger partial charge in [-0.05, 0) is 33.6 Å². The number of hydrogen-bond donors (Lipinski definition) is 1. The van der Waals surface area contributed by atoms with E-state index in [0.717, 1.165) is 19.3 Å². The first-order valence-corrected chi connectivity index (χ1v) is 4.20. The van der Waals surface area contributed by atoms with Crippen LogP contribution in [0.15, 0.2) is 0 Å². The highest BCUT2D eigenvalue weighted by Crippen LogP contribution is 2.10. The summed E-state index contributed by atoms with van der Waals surface area (Å²) in [6, 6.07) is 0. The Hall–Kier alpha value is -0.370. The smallest absolute Gasteiger partial charge is 0.129 e. The van der Waals surface area contributed by atoms with Gasteiger partial charge in [-0.2, -0.15) is 0 Å². The van der Waals surface area contributed by atoms with Gasteiger partial charge in [-0.25, -0.2) is 0 Å². The second-order valence-electron chi connectivity index (χ2n) is 3.90. The molecule has 0 fully saturated rings. The van der Waals surface area contributed by atoms with Crippen LogP contribution in [-0.4, -0.2) is 11.3 Å². The lowest BCUT2D eigenvalue weighted by Crippen LogP contribution is -2.31. The van der Waals surface area contributed by atoms with Gasteiger partial charge in [0.05, 0.1) is 0 Å². The minimum absolute atomic E-state index is 0.0726. The van der Waals surface area contributed by atoms with Crippen molar-refractivity contribution in [3.8, 4) is 0 Å². The topological polar surface area (TPSA) is 43.1 Å². The maximum absolute atomic E-state index is 10.5.